The van der Waals surface area contributed by atoms with Gasteiger partial charge in [0.05, 0.1) is 0 Å². The van der Waals surface area contributed by atoms with E-state index in [0.29, 0.717) is 11.3 Å². The molecule has 2 unspecified atom stereocenters. The summed E-state index contributed by atoms with van der Waals surface area (Å²) < 4.78 is 5.34. The van der Waals surface area contributed by atoms with Crippen LogP contribution in [0.5, 0.6) is 0 Å². The van der Waals surface area contributed by atoms with Gasteiger partial charge in [-0.3, -0.25) is 9.59 Å². The van der Waals surface area contributed by atoms with Crippen LogP contribution in [0.25, 0.3) is 0 Å². The van der Waals surface area contributed by atoms with Crippen molar-refractivity contribution in [3.8, 4) is 0 Å². The lowest BCUT2D eigenvalue weighted by Gasteiger charge is -2.37. The minimum absolute atomic E-state index is 0.0420. The molecule has 0 saturated heterocycles. The number of para-hydroxylation sites is 1. The monoisotopic (exact) mass is 513 g/mol. The maximum Gasteiger partial charge on any atom is 0.408 e. The molecule has 7 nitrogen and oxygen atoms in total. The van der Waals surface area contributed by atoms with E-state index in [4.69, 9.17) is 4.74 Å². The number of ether oxygens (including phenoxy) is 1. The van der Waals surface area contributed by atoms with Crippen molar-refractivity contribution in [2.75, 3.05) is 11.1 Å². The molecule has 2 atom stereocenters. The third-order valence-corrected chi connectivity index (χ3v) is 5.96. The summed E-state index contributed by atoms with van der Waals surface area (Å²) in [6, 6.07) is 11.1. The minimum Gasteiger partial charge on any atom is -0.444 e. The average molecular weight is 514 g/mol. The topological polar surface area (TPSA) is 87.7 Å². The molecule has 0 heterocycles. The lowest BCUT2D eigenvalue weighted by atomic mass is 9.99. The Hall–Kier alpha value is -3.00. The predicted molar refractivity (Wildman–Crippen MR) is 147 cm³/mol. The Bertz CT molecular complexity index is 1070. The Labute approximate surface area is 220 Å². The van der Waals surface area contributed by atoms with Gasteiger partial charge >= 0.3 is 6.09 Å². The average Bonchev–Trinajstić information content (AvgIpc) is 2.76. The van der Waals surface area contributed by atoms with E-state index in [9.17, 15) is 14.4 Å². The number of aryl methyl sites for hydroxylation is 3. The quantitative estimate of drug-likeness (QED) is 0.415. The SMILES string of the molecule is Cc1cccc(C(C(=O)Nc2c(C)cccc2C)N(C(=O)C(CS)NC(=O)OC(C)(C)C)C(C)C)c1. The number of carbonyl (C=O) groups excluding carboxylic acids is 3. The lowest BCUT2D eigenvalue weighted by molar-refractivity contribution is -0.142. The van der Waals surface area contributed by atoms with Gasteiger partial charge in [0.15, 0.2) is 0 Å². The zero-order valence-electron chi connectivity index (χ0n) is 22.5. The highest BCUT2D eigenvalue weighted by Gasteiger charge is 2.37. The lowest BCUT2D eigenvalue weighted by Crippen LogP contribution is -2.55. The van der Waals surface area contributed by atoms with Gasteiger partial charge in [-0.25, -0.2) is 4.79 Å². The molecule has 0 aromatic heterocycles. The van der Waals surface area contributed by atoms with Crippen molar-refractivity contribution in [1.29, 1.82) is 0 Å². The molecule has 8 heteroatoms. The first kappa shape index (κ1) is 29.2. The number of anilines is 1. The van der Waals surface area contributed by atoms with Gasteiger partial charge in [0.1, 0.15) is 17.7 Å². The van der Waals surface area contributed by atoms with Crippen LogP contribution in [0.15, 0.2) is 42.5 Å². The molecule has 3 amide bonds. The number of benzene rings is 2. The third kappa shape index (κ3) is 7.75. The van der Waals surface area contributed by atoms with Gasteiger partial charge in [-0.2, -0.15) is 12.6 Å². The van der Waals surface area contributed by atoms with E-state index in [2.05, 4.69) is 23.3 Å². The number of nitrogens with one attached hydrogen (secondary N) is 2. The fraction of sp³-hybridized carbons (Fsp3) is 0.464. The molecule has 0 radical (unpaired) electrons. The molecule has 0 aliphatic carbocycles. The summed E-state index contributed by atoms with van der Waals surface area (Å²) in [6.45, 7) is 14.7. The molecule has 36 heavy (non-hydrogen) atoms. The highest BCUT2D eigenvalue weighted by molar-refractivity contribution is 7.80. The molecule has 0 aliphatic heterocycles. The zero-order valence-corrected chi connectivity index (χ0v) is 23.4. The van der Waals surface area contributed by atoms with E-state index in [-0.39, 0.29) is 17.7 Å². The zero-order chi connectivity index (χ0) is 27.2. The second-order valence-corrected chi connectivity index (χ2v) is 10.7. The van der Waals surface area contributed by atoms with E-state index in [1.54, 1.807) is 20.8 Å². The molecule has 0 bridgehead atoms. The van der Waals surface area contributed by atoms with E-state index in [0.717, 1.165) is 16.7 Å². The van der Waals surface area contributed by atoms with E-state index >= 15 is 0 Å². The van der Waals surface area contributed by atoms with Crippen molar-refractivity contribution >= 4 is 36.2 Å². The Kier molecular flexibility index (Phi) is 9.99. The molecule has 2 N–H and O–H groups in total. The number of alkyl carbamates (subject to hydrolysis) is 1. The normalized spacial score (nSPS) is 13.1. The Morgan fingerprint density at radius 3 is 2.08 bits per heavy atom. The molecule has 0 aliphatic rings. The van der Waals surface area contributed by atoms with Crippen LogP contribution >= 0.6 is 12.6 Å². The van der Waals surface area contributed by atoms with E-state index in [1.165, 1.54) is 4.90 Å². The first-order valence-electron chi connectivity index (χ1n) is 12.1. The summed E-state index contributed by atoms with van der Waals surface area (Å²) in [7, 11) is 0. The number of carbonyl (C=O) groups is 3. The molecular formula is C28H39N3O4S. The van der Waals surface area contributed by atoms with Crippen LogP contribution in [-0.2, 0) is 14.3 Å². The molecule has 0 spiro atoms. The number of nitrogens with zero attached hydrogens (tertiary/aromatic N) is 1. The summed E-state index contributed by atoms with van der Waals surface area (Å²) >= 11 is 4.32. The number of amides is 3. The number of hydrogen-bond donors (Lipinski definition) is 3. The fourth-order valence-electron chi connectivity index (χ4n) is 3.98. The highest BCUT2D eigenvalue weighted by Crippen LogP contribution is 2.29. The van der Waals surface area contributed by atoms with Crippen LogP contribution in [0.4, 0.5) is 10.5 Å². The van der Waals surface area contributed by atoms with E-state index in [1.807, 2.05) is 77.1 Å². The standard InChI is InChI=1S/C28H39N3O4S/c1-17(2)31(26(33)22(16-36)29-27(34)35-28(6,7)8)24(21-14-9-11-18(3)15-21)25(32)30-23-19(4)12-10-13-20(23)5/h9-15,17,22,24,36H,16H2,1-8H3,(H,29,34)(H,30,32). The van der Waals surface area contributed by atoms with Gasteiger partial charge < -0.3 is 20.3 Å². The van der Waals surface area contributed by atoms with Crippen molar-refractivity contribution in [2.45, 2.75) is 79.1 Å². The molecular weight excluding hydrogens is 474 g/mol. The minimum atomic E-state index is -0.981. The van der Waals surface area contributed by atoms with Gasteiger partial charge in [0.2, 0.25) is 5.91 Å². The Morgan fingerprint density at radius 2 is 1.58 bits per heavy atom. The van der Waals surface area contributed by atoms with Crippen LogP contribution in [0.2, 0.25) is 0 Å². The van der Waals surface area contributed by atoms with Gasteiger partial charge in [0.25, 0.3) is 5.91 Å². The molecule has 196 valence electrons. The molecule has 2 aromatic carbocycles. The first-order chi connectivity index (χ1) is 16.7. The summed E-state index contributed by atoms with van der Waals surface area (Å²) in [6.07, 6.45) is -0.717. The summed E-state index contributed by atoms with van der Waals surface area (Å²) in [5, 5.41) is 5.67. The van der Waals surface area contributed by atoms with Crippen LogP contribution in [0.1, 0.15) is 62.9 Å². The Morgan fingerprint density at radius 1 is 1.00 bits per heavy atom. The van der Waals surface area contributed by atoms with Crippen LogP contribution in [-0.4, -0.2) is 46.2 Å². The maximum absolute atomic E-state index is 13.9. The van der Waals surface area contributed by atoms with Gasteiger partial charge in [-0.05, 0) is 72.1 Å². The summed E-state index contributed by atoms with van der Waals surface area (Å²) in [5.41, 5.74) is 3.49. The smallest absolute Gasteiger partial charge is 0.408 e. The van der Waals surface area contributed by atoms with Gasteiger partial charge in [0, 0.05) is 17.5 Å². The molecule has 0 saturated carbocycles. The van der Waals surface area contributed by atoms with Crippen molar-refractivity contribution in [3.63, 3.8) is 0 Å². The highest BCUT2D eigenvalue weighted by atomic mass is 32.1. The summed E-state index contributed by atoms with van der Waals surface area (Å²) in [5.74, 6) is -0.718. The Balaban J connectivity index is 2.50. The van der Waals surface area contributed by atoms with Crippen molar-refractivity contribution in [3.05, 3.63) is 64.7 Å². The number of rotatable bonds is 8. The third-order valence-electron chi connectivity index (χ3n) is 5.60. The second-order valence-electron chi connectivity index (χ2n) is 10.3. The molecule has 0 fully saturated rings. The van der Waals surface area contributed by atoms with Crippen molar-refractivity contribution in [2.24, 2.45) is 0 Å². The first-order valence-corrected chi connectivity index (χ1v) is 12.7. The van der Waals surface area contributed by atoms with Gasteiger partial charge in [-0.15, -0.1) is 0 Å². The van der Waals surface area contributed by atoms with Crippen LogP contribution in [0, 0.1) is 20.8 Å². The van der Waals surface area contributed by atoms with Gasteiger partial charge in [-0.1, -0.05) is 48.0 Å². The number of hydrogen-bond acceptors (Lipinski definition) is 5. The molecule has 2 aromatic rings. The largest absolute Gasteiger partial charge is 0.444 e. The maximum atomic E-state index is 13.9. The predicted octanol–water partition coefficient (Wildman–Crippen LogP) is 5.35. The van der Waals surface area contributed by atoms with Crippen molar-refractivity contribution in [1.82, 2.24) is 10.2 Å². The van der Waals surface area contributed by atoms with Crippen LogP contribution < -0.4 is 10.6 Å². The summed E-state index contributed by atoms with van der Waals surface area (Å²) in [4.78, 5) is 41.7. The van der Waals surface area contributed by atoms with E-state index < -0.39 is 29.7 Å². The fourth-order valence-corrected chi connectivity index (χ4v) is 4.22. The second kappa shape index (κ2) is 12.3. The molecule has 2 rings (SSSR count). The number of thiol groups is 1. The van der Waals surface area contributed by atoms with Crippen LogP contribution in [0.3, 0.4) is 0 Å². The van der Waals surface area contributed by atoms with Crippen molar-refractivity contribution < 1.29 is 19.1 Å².